The largest absolute Gasteiger partial charge is 0.493 e. The molecule has 2 aromatic rings. The van der Waals surface area contributed by atoms with Crippen LogP contribution in [0, 0.1) is 5.92 Å². The molecule has 0 radical (unpaired) electrons. The second kappa shape index (κ2) is 8.94. The van der Waals surface area contributed by atoms with Crippen LogP contribution < -0.4 is 19.7 Å². The fourth-order valence-corrected chi connectivity index (χ4v) is 4.20. The smallest absolute Gasteiger partial charge is 0.242 e. The molecule has 1 atom stereocenters. The van der Waals surface area contributed by atoms with Crippen molar-refractivity contribution in [2.45, 2.75) is 11.3 Å². The second-order valence-corrected chi connectivity index (χ2v) is 9.40. The maximum absolute atomic E-state index is 12.7. The first-order valence-electron chi connectivity index (χ1n) is 9.53. The molecule has 31 heavy (non-hydrogen) atoms. The zero-order valence-electron chi connectivity index (χ0n) is 17.8. The Kier molecular flexibility index (Phi) is 6.51. The number of carbonyl (C=O) groups is 2. The molecule has 0 spiro atoms. The number of rotatable bonds is 7. The average Bonchev–Trinajstić information content (AvgIpc) is 3.15. The third-order valence-corrected chi connectivity index (χ3v) is 6.90. The lowest BCUT2D eigenvalue weighted by Gasteiger charge is -2.18. The number of hydrogen-bond donors (Lipinski definition) is 1. The third kappa shape index (κ3) is 4.64. The molecular weight excluding hydrogens is 422 g/mol. The number of methoxy groups -OCH3 is 2. The van der Waals surface area contributed by atoms with Crippen LogP contribution in [0.25, 0.3) is 0 Å². The van der Waals surface area contributed by atoms with Gasteiger partial charge in [0.1, 0.15) is 0 Å². The molecule has 0 aliphatic carbocycles. The van der Waals surface area contributed by atoms with Gasteiger partial charge in [0.15, 0.2) is 11.5 Å². The number of sulfonamides is 1. The van der Waals surface area contributed by atoms with Crippen LogP contribution in [-0.2, 0) is 19.6 Å². The van der Waals surface area contributed by atoms with E-state index in [1.165, 1.54) is 45.3 Å². The molecule has 1 aliphatic rings. The summed E-state index contributed by atoms with van der Waals surface area (Å²) in [5.74, 6) is 0.0102. The topological polar surface area (TPSA) is 105 Å². The first-order chi connectivity index (χ1) is 14.7. The van der Waals surface area contributed by atoms with E-state index in [0.29, 0.717) is 22.9 Å². The highest BCUT2D eigenvalue weighted by Gasteiger charge is 2.35. The first-order valence-corrected chi connectivity index (χ1v) is 11.0. The summed E-state index contributed by atoms with van der Waals surface area (Å²) in [5, 5.41) is 2.81. The Morgan fingerprint density at radius 1 is 1.06 bits per heavy atom. The number of hydrogen-bond acceptors (Lipinski definition) is 6. The quantitative estimate of drug-likeness (QED) is 0.696. The van der Waals surface area contributed by atoms with Crippen molar-refractivity contribution in [3.63, 3.8) is 0 Å². The Balaban J connectivity index is 1.71. The number of nitrogens with zero attached hydrogens (tertiary/aromatic N) is 2. The minimum absolute atomic E-state index is 0.0663. The van der Waals surface area contributed by atoms with Crippen LogP contribution in [0.4, 0.5) is 11.4 Å². The summed E-state index contributed by atoms with van der Waals surface area (Å²) in [4.78, 5) is 26.8. The van der Waals surface area contributed by atoms with Gasteiger partial charge in [0.2, 0.25) is 21.8 Å². The van der Waals surface area contributed by atoms with E-state index < -0.39 is 15.9 Å². The average molecular weight is 448 g/mol. The van der Waals surface area contributed by atoms with Crippen LogP contribution in [0.2, 0.25) is 0 Å². The molecule has 2 aromatic carbocycles. The van der Waals surface area contributed by atoms with Crippen molar-refractivity contribution in [3.8, 4) is 11.5 Å². The normalized spacial score (nSPS) is 16.5. The van der Waals surface area contributed by atoms with Gasteiger partial charge in [-0.2, -0.15) is 0 Å². The summed E-state index contributed by atoms with van der Waals surface area (Å²) >= 11 is 0. The maximum Gasteiger partial charge on any atom is 0.242 e. The van der Waals surface area contributed by atoms with Crippen LogP contribution in [0.5, 0.6) is 11.5 Å². The van der Waals surface area contributed by atoms with Crippen molar-refractivity contribution in [1.29, 1.82) is 0 Å². The van der Waals surface area contributed by atoms with Crippen molar-refractivity contribution >= 4 is 33.2 Å². The SMILES string of the molecule is COc1ccc(NC(=O)C2CC(=O)N(c3ccc(S(=O)(=O)N(C)C)cc3)C2)cc1OC. The van der Waals surface area contributed by atoms with Gasteiger partial charge in [0, 0.05) is 44.5 Å². The van der Waals surface area contributed by atoms with E-state index in [1.807, 2.05) is 0 Å². The van der Waals surface area contributed by atoms with E-state index in [9.17, 15) is 18.0 Å². The second-order valence-electron chi connectivity index (χ2n) is 7.25. The Bertz CT molecular complexity index is 1080. The van der Waals surface area contributed by atoms with Gasteiger partial charge < -0.3 is 19.7 Å². The van der Waals surface area contributed by atoms with E-state index in [-0.39, 0.29) is 29.7 Å². The summed E-state index contributed by atoms with van der Waals surface area (Å²) in [7, 11) is 2.38. The maximum atomic E-state index is 12.7. The van der Waals surface area contributed by atoms with E-state index in [1.54, 1.807) is 30.3 Å². The van der Waals surface area contributed by atoms with Crippen LogP contribution in [-0.4, -0.2) is 59.4 Å². The monoisotopic (exact) mass is 447 g/mol. The number of ether oxygens (including phenoxy) is 2. The molecule has 1 fully saturated rings. The van der Waals surface area contributed by atoms with Crippen molar-refractivity contribution in [3.05, 3.63) is 42.5 Å². The Labute approximate surface area is 181 Å². The van der Waals surface area contributed by atoms with Crippen LogP contribution in [0.1, 0.15) is 6.42 Å². The van der Waals surface area contributed by atoms with Gasteiger partial charge in [-0.25, -0.2) is 12.7 Å². The minimum atomic E-state index is -3.55. The number of anilines is 2. The summed E-state index contributed by atoms with van der Waals surface area (Å²) < 4.78 is 36.0. The number of benzene rings is 2. The Morgan fingerprint density at radius 2 is 1.71 bits per heavy atom. The van der Waals surface area contributed by atoms with Gasteiger partial charge in [0.05, 0.1) is 25.0 Å². The van der Waals surface area contributed by atoms with Crippen LogP contribution in [0.3, 0.4) is 0 Å². The molecule has 1 unspecified atom stereocenters. The van der Waals surface area contributed by atoms with Crippen molar-refractivity contribution in [2.24, 2.45) is 5.92 Å². The molecule has 1 aliphatic heterocycles. The fraction of sp³-hybridized carbons (Fsp3) is 0.333. The van der Waals surface area contributed by atoms with Gasteiger partial charge in [-0.05, 0) is 36.4 Å². The van der Waals surface area contributed by atoms with E-state index in [4.69, 9.17) is 9.47 Å². The summed E-state index contributed by atoms with van der Waals surface area (Å²) in [6, 6.07) is 11.1. The van der Waals surface area contributed by atoms with Gasteiger partial charge in [-0.1, -0.05) is 0 Å². The molecule has 0 saturated carbocycles. The molecule has 9 nitrogen and oxygen atoms in total. The van der Waals surface area contributed by atoms with Crippen molar-refractivity contribution in [2.75, 3.05) is 45.1 Å². The van der Waals surface area contributed by atoms with Gasteiger partial charge >= 0.3 is 0 Å². The molecular formula is C21H25N3O6S. The molecule has 10 heteroatoms. The molecule has 0 bridgehead atoms. The molecule has 0 aromatic heterocycles. The minimum Gasteiger partial charge on any atom is -0.493 e. The van der Waals surface area contributed by atoms with Gasteiger partial charge in [0.25, 0.3) is 0 Å². The summed E-state index contributed by atoms with van der Waals surface area (Å²) in [6.07, 6.45) is 0.0663. The van der Waals surface area contributed by atoms with Gasteiger partial charge in [-0.3, -0.25) is 9.59 Å². The molecule has 1 N–H and O–H groups in total. The molecule has 1 saturated heterocycles. The van der Waals surface area contributed by atoms with Gasteiger partial charge in [-0.15, -0.1) is 0 Å². The predicted octanol–water partition coefficient (Wildman–Crippen LogP) is 1.95. The highest BCUT2D eigenvalue weighted by Crippen LogP contribution is 2.31. The molecule has 2 amide bonds. The molecule has 166 valence electrons. The predicted molar refractivity (Wildman–Crippen MR) is 116 cm³/mol. The van der Waals surface area contributed by atoms with Crippen molar-refractivity contribution in [1.82, 2.24) is 4.31 Å². The van der Waals surface area contributed by atoms with Crippen molar-refractivity contribution < 1.29 is 27.5 Å². The number of nitrogens with one attached hydrogen (secondary N) is 1. The Morgan fingerprint density at radius 3 is 2.29 bits per heavy atom. The van der Waals surface area contributed by atoms with Crippen LogP contribution >= 0.6 is 0 Å². The lowest BCUT2D eigenvalue weighted by atomic mass is 10.1. The third-order valence-electron chi connectivity index (χ3n) is 5.07. The first kappa shape index (κ1) is 22.6. The molecule has 1 heterocycles. The van der Waals surface area contributed by atoms with E-state index in [2.05, 4.69) is 5.32 Å². The highest BCUT2D eigenvalue weighted by molar-refractivity contribution is 7.89. The standard InChI is InChI=1S/C21H25N3O6S/c1-23(2)31(27,28)17-8-6-16(7-9-17)24-13-14(11-20(24)25)21(26)22-15-5-10-18(29-3)19(12-15)30-4/h5-10,12,14H,11,13H2,1-4H3,(H,22,26). The lowest BCUT2D eigenvalue weighted by molar-refractivity contribution is -0.122. The fourth-order valence-electron chi connectivity index (χ4n) is 3.30. The van der Waals surface area contributed by atoms with E-state index >= 15 is 0 Å². The highest BCUT2D eigenvalue weighted by atomic mass is 32.2. The van der Waals surface area contributed by atoms with E-state index in [0.717, 1.165) is 4.31 Å². The zero-order valence-corrected chi connectivity index (χ0v) is 18.6. The lowest BCUT2D eigenvalue weighted by Crippen LogP contribution is -2.28. The summed E-state index contributed by atoms with van der Waals surface area (Å²) in [5.41, 5.74) is 1.08. The number of carbonyl (C=O) groups excluding carboxylic acids is 2. The number of amides is 2. The zero-order chi connectivity index (χ0) is 22.8. The summed E-state index contributed by atoms with van der Waals surface area (Å²) in [6.45, 7) is 0.206. The van der Waals surface area contributed by atoms with Crippen LogP contribution in [0.15, 0.2) is 47.4 Å². The molecule has 3 rings (SSSR count). The Hall–Kier alpha value is -3.11.